The van der Waals surface area contributed by atoms with E-state index in [2.05, 4.69) is 39.8 Å². The zero-order chi connectivity index (χ0) is 19.2. The van der Waals surface area contributed by atoms with Crippen LogP contribution in [0.5, 0.6) is 11.5 Å². The summed E-state index contributed by atoms with van der Waals surface area (Å²) in [7, 11) is 0. The lowest BCUT2D eigenvalue weighted by atomic mass is 10.1. The minimum atomic E-state index is 0.0232. The summed E-state index contributed by atoms with van der Waals surface area (Å²) in [5.41, 5.74) is 3.33. The molecule has 0 unspecified atom stereocenters. The number of benzene rings is 2. The van der Waals surface area contributed by atoms with Crippen LogP contribution in [0.4, 0.5) is 11.4 Å². The fourth-order valence-corrected chi connectivity index (χ4v) is 3.60. The maximum Gasteiger partial charge on any atom is 0.231 e. The van der Waals surface area contributed by atoms with E-state index in [-0.39, 0.29) is 12.7 Å². The number of amides is 1. The molecule has 2 aliphatic rings. The van der Waals surface area contributed by atoms with E-state index in [4.69, 9.17) is 9.47 Å². The summed E-state index contributed by atoms with van der Waals surface area (Å²) in [5, 5.41) is 6.27. The molecule has 0 spiro atoms. The summed E-state index contributed by atoms with van der Waals surface area (Å²) in [4.78, 5) is 14.5. The average molecular weight is 381 g/mol. The molecule has 1 amide bonds. The Morgan fingerprint density at radius 3 is 2.57 bits per heavy atom. The molecule has 1 fully saturated rings. The number of anilines is 2. The quantitative estimate of drug-likeness (QED) is 0.768. The van der Waals surface area contributed by atoms with Gasteiger partial charge in [0.1, 0.15) is 0 Å². The van der Waals surface area contributed by atoms with Gasteiger partial charge in [-0.3, -0.25) is 4.79 Å². The van der Waals surface area contributed by atoms with Gasteiger partial charge in [-0.15, -0.1) is 0 Å². The minimum Gasteiger partial charge on any atom is -0.454 e. The number of nitrogens with one attached hydrogen (secondary N) is 2. The smallest absolute Gasteiger partial charge is 0.231 e. The first-order valence-electron chi connectivity index (χ1n) is 10.0. The van der Waals surface area contributed by atoms with Crippen LogP contribution in [0.2, 0.25) is 0 Å². The lowest BCUT2D eigenvalue weighted by Crippen LogP contribution is -2.29. The second-order valence-electron chi connectivity index (χ2n) is 7.24. The Kier molecular flexibility index (Phi) is 5.85. The van der Waals surface area contributed by atoms with Crippen molar-refractivity contribution in [1.82, 2.24) is 5.32 Å². The number of hydrogen-bond acceptors (Lipinski definition) is 5. The number of piperidine rings is 1. The lowest BCUT2D eigenvalue weighted by molar-refractivity contribution is -0.121. The molecule has 28 heavy (non-hydrogen) atoms. The van der Waals surface area contributed by atoms with Crippen molar-refractivity contribution >= 4 is 17.3 Å². The number of fused-ring (bicyclic) bond motifs is 1. The highest BCUT2D eigenvalue weighted by molar-refractivity contribution is 5.76. The van der Waals surface area contributed by atoms with Crippen molar-refractivity contribution in [3.63, 3.8) is 0 Å². The molecule has 4 rings (SSSR count). The van der Waals surface area contributed by atoms with Gasteiger partial charge < -0.3 is 25.0 Å². The van der Waals surface area contributed by atoms with Crippen LogP contribution < -0.4 is 25.0 Å². The van der Waals surface area contributed by atoms with E-state index >= 15 is 0 Å². The molecule has 2 aliphatic heterocycles. The molecule has 0 atom stereocenters. The Morgan fingerprint density at radius 1 is 0.964 bits per heavy atom. The van der Waals surface area contributed by atoms with Gasteiger partial charge in [-0.1, -0.05) is 6.07 Å². The standard InChI is InChI=1S/C22H27N3O3/c26-22(24-15-17-4-9-20-21(14-17)28-16-27-20)10-11-23-18-5-7-19(8-6-18)25-12-2-1-3-13-25/h4-9,14,23H,1-3,10-13,15-16H2,(H,24,26). The summed E-state index contributed by atoms with van der Waals surface area (Å²) in [6, 6.07) is 14.2. The van der Waals surface area contributed by atoms with E-state index in [9.17, 15) is 4.79 Å². The molecule has 0 saturated carbocycles. The maximum atomic E-state index is 12.1. The molecule has 0 aromatic heterocycles. The van der Waals surface area contributed by atoms with Gasteiger partial charge in [0.2, 0.25) is 12.7 Å². The van der Waals surface area contributed by atoms with Crippen LogP contribution in [0.3, 0.4) is 0 Å². The predicted octanol–water partition coefficient (Wildman–Crippen LogP) is 3.52. The van der Waals surface area contributed by atoms with Crippen LogP contribution >= 0.6 is 0 Å². The van der Waals surface area contributed by atoms with Gasteiger partial charge >= 0.3 is 0 Å². The minimum absolute atomic E-state index is 0.0232. The number of ether oxygens (including phenoxy) is 2. The van der Waals surface area contributed by atoms with Gasteiger partial charge in [-0.05, 0) is 61.2 Å². The largest absolute Gasteiger partial charge is 0.454 e. The fraction of sp³-hybridized carbons (Fsp3) is 0.409. The number of carbonyl (C=O) groups excluding carboxylic acids is 1. The van der Waals surface area contributed by atoms with Crippen molar-refractivity contribution in [2.45, 2.75) is 32.2 Å². The van der Waals surface area contributed by atoms with Crippen LogP contribution in [0, 0.1) is 0 Å². The summed E-state index contributed by atoms with van der Waals surface area (Å²) in [5.74, 6) is 1.52. The van der Waals surface area contributed by atoms with Crippen molar-refractivity contribution in [1.29, 1.82) is 0 Å². The Hall–Kier alpha value is -2.89. The molecular weight excluding hydrogens is 354 g/mol. The van der Waals surface area contributed by atoms with Gasteiger partial charge in [0.15, 0.2) is 11.5 Å². The third-order valence-corrected chi connectivity index (χ3v) is 5.20. The Bertz CT molecular complexity index is 801. The molecule has 6 nitrogen and oxygen atoms in total. The molecule has 148 valence electrons. The molecule has 0 aliphatic carbocycles. The number of nitrogens with zero attached hydrogens (tertiary/aromatic N) is 1. The highest BCUT2D eigenvalue weighted by Crippen LogP contribution is 2.32. The zero-order valence-corrected chi connectivity index (χ0v) is 16.1. The van der Waals surface area contributed by atoms with E-state index in [0.29, 0.717) is 19.5 Å². The zero-order valence-electron chi connectivity index (χ0n) is 16.1. The summed E-state index contributed by atoms with van der Waals surface area (Å²) < 4.78 is 10.7. The second kappa shape index (κ2) is 8.87. The number of rotatable bonds is 7. The van der Waals surface area contributed by atoms with Gasteiger partial charge in [0.25, 0.3) is 0 Å². The summed E-state index contributed by atoms with van der Waals surface area (Å²) in [6.07, 6.45) is 4.33. The highest BCUT2D eigenvalue weighted by atomic mass is 16.7. The van der Waals surface area contributed by atoms with Gasteiger partial charge in [0.05, 0.1) is 0 Å². The molecule has 0 radical (unpaired) electrons. The predicted molar refractivity (Wildman–Crippen MR) is 110 cm³/mol. The van der Waals surface area contributed by atoms with Crippen LogP contribution in [-0.2, 0) is 11.3 Å². The Morgan fingerprint density at radius 2 is 1.75 bits per heavy atom. The van der Waals surface area contributed by atoms with Crippen LogP contribution in [0.25, 0.3) is 0 Å². The van der Waals surface area contributed by atoms with Gasteiger partial charge in [0, 0.05) is 44.0 Å². The average Bonchev–Trinajstić information content (AvgIpc) is 3.21. The molecule has 6 heteroatoms. The van der Waals surface area contributed by atoms with Crippen molar-refractivity contribution < 1.29 is 14.3 Å². The second-order valence-corrected chi connectivity index (χ2v) is 7.24. The van der Waals surface area contributed by atoms with E-state index in [0.717, 1.165) is 35.8 Å². The van der Waals surface area contributed by atoms with E-state index in [1.165, 1.54) is 24.9 Å². The first-order chi connectivity index (χ1) is 13.8. The molecule has 2 N–H and O–H groups in total. The summed E-state index contributed by atoms with van der Waals surface area (Å²) >= 11 is 0. The lowest BCUT2D eigenvalue weighted by Gasteiger charge is -2.28. The van der Waals surface area contributed by atoms with Crippen LogP contribution in [0.1, 0.15) is 31.2 Å². The van der Waals surface area contributed by atoms with Crippen LogP contribution in [0.15, 0.2) is 42.5 Å². The molecule has 2 heterocycles. The normalized spacial score (nSPS) is 15.4. The molecular formula is C22H27N3O3. The van der Waals surface area contributed by atoms with Crippen molar-refractivity contribution in [3.05, 3.63) is 48.0 Å². The fourth-order valence-electron chi connectivity index (χ4n) is 3.60. The van der Waals surface area contributed by atoms with E-state index in [1.807, 2.05) is 18.2 Å². The molecule has 2 aromatic carbocycles. The van der Waals surface area contributed by atoms with Gasteiger partial charge in [-0.25, -0.2) is 0 Å². The first kappa shape index (κ1) is 18.5. The van der Waals surface area contributed by atoms with Crippen molar-refractivity contribution in [2.75, 3.05) is 36.6 Å². The van der Waals surface area contributed by atoms with Crippen molar-refractivity contribution in [3.8, 4) is 11.5 Å². The highest BCUT2D eigenvalue weighted by Gasteiger charge is 2.13. The maximum absolute atomic E-state index is 12.1. The Labute approximate surface area is 165 Å². The Balaban J connectivity index is 1.18. The topological polar surface area (TPSA) is 62.8 Å². The van der Waals surface area contributed by atoms with Crippen LogP contribution in [-0.4, -0.2) is 32.3 Å². The molecule has 2 aromatic rings. The number of carbonyl (C=O) groups is 1. The third-order valence-electron chi connectivity index (χ3n) is 5.20. The first-order valence-corrected chi connectivity index (χ1v) is 10.0. The summed E-state index contributed by atoms with van der Waals surface area (Å²) in [6.45, 7) is 3.65. The SMILES string of the molecule is O=C(CCNc1ccc(N2CCCCC2)cc1)NCc1ccc2c(c1)OCO2. The molecule has 1 saturated heterocycles. The third kappa shape index (κ3) is 4.68. The van der Waals surface area contributed by atoms with E-state index < -0.39 is 0 Å². The number of hydrogen-bond donors (Lipinski definition) is 2. The van der Waals surface area contributed by atoms with Crippen molar-refractivity contribution in [2.24, 2.45) is 0 Å². The van der Waals surface area contributed by atoms with E-state index in [1.54, 1.807) is 0 Å². The molecule has 0 bridgehead atoms. The monoisotopic (exact) mass is 381 g/mol. The van der Waals surface area contributed by atoms with Gasteiger partial charge in [-0.2, -0.15) is 0 Å².